The molecule has 0 amide bonds. The highest BCUT2D eigenvalue weighted by Gasteiger charge is 2.10. The number of hydrogen-bond acceptors (Lipinski definition) is 5. The van der Waals surface area contributed by atoms with Gasteiger partial charge in [-0.05, 0) is 31.5 Å². The number of anilines is 2. The second-order valence-electron chi connectivity index (χ2n) is 6.08. The molecule has 1 aromatic carbocycles. The van der Waals surface area contributed by atoms with Crippen molar-refractivity contribution in [2.24, 2.45) is 0 Å². The van der Waals surface area contributed by atoms with E-state index in [2.05, 4.69) is 39.4 Å². The van der Waals surface area contributed by atoms with E-state index in [-0.39, 0.29) is 11.9 Å². The van der Waals surface area contributed by atoms with Crippen molar-refractivity contribution >= 4 is 11.8 Å². The first-order valence-electron chi connectivity index (χ1n) is 8.70. The van der Waals surface area contributed by atoms with Gasteiger partial charge in [-0.15, -0.1) is 0 Å². The van der Waals surface area contributed by atoms with E-state index < -0.39 is 0 Å². The highest BCUT2D eigenvalue weighted by molar-refractivity contribution is 5.61. The number of hydrogen-bond donors (Lipinski definition) is 2. The Labute approximate surface area is 152 Å². The minimum atomic E-state index is -0.239. The van der Waals surface area contributed by atoms with Crippen molar-refractivity contribution in [1.29, 1.82) is 0 Å². The third-order valence-electron chi connectivity index (χ3n) is 4.06. The van der Waals surface area contributed by atoms with Crippen molar-refractivity contribution in [2.75, 3.05) is 10.6 Å². The van der Waals surface area contributed by atoms with Crippen LogP contribution < -0.4 is 10.6 Å². The lowest BCUT2D eigenvalue weighted by Crippen LogP contribution is -2.16. The summed E-state index contributed by atoms with van der Waals surface area (Å²) in [5.74, 6) is 0.908. The second-order valence-corrected chi connectivity index (χ2v) is 6.08. The van der Waals surface area contributed by atoms with Gasteiger partial charge in [0.05, 0.1) is 11.4 Å². The molecule has 0 saturated carbocycles. The van der Waals surface area contributed by atoms with Crippen LogP contribution >= 0.6 is 0 Å². The Morgan fingerprint density at radius 2 is 1.85 bits per heavy atom. The summed E-state index contributed by atoms with van der Waals surface area (Å²) in [4.78, 5) is 13.4. The molecule has 0 aliphatic heterocycles. The van der Waals surface area contributed by atoms with Gasteiger partial charge in [0, 0.05) is 30.4 Å². The van der Waals surface area contributed by atoms with Gasteiger partial charge < -0.3 is 10.6 Å². The maximum atomic E-state index is 13.8. The number of halogens is 1. The van der Waals surface area contributed by atoms with Crippen molar-refractivity contribution in [1.82, 2.24) is 15.0 Å². The summed E-state index contributed by atoms with van der Waals surface area (Å²) in [6.07, 6.45) is 2.68. The van der Waals surface area contributed by atoms with Gasteiger partial charge in [-0.1, -0.05) is 31.2 Å². The standard InChI is InChI=1S/C20H22FN5/c1-3-14(2)24-20-25-18(17-10-6-7-11-22-17)12-19(26-20)23-13-15-8-4-5-9-16(15)21/h4-12,14H,3,13H2,1-2H3,(H2,23,24,25,26)/t14-/m1/s1. The van der Waals surface area contributed by atoms with E-state index in [4.69, 9.17) is 0 Å². The molecule has 1 atom stereocenters. The molecule has 0 unspecified atom stereocenters. The van der Waals surface area contributed by atoms with Crippen molar-refractivity contribution < 1.29 is 4.39 Å². The predicted octanol–water partition coefficient (Wildman–Crippen LogP) is 4.50. The average Bonchev–Trinajstić information content (AvgIpc) is 2.68. The van der Waals surface area contributed by atoms with Gasteiger partial charge in [-0.3, -0.25) is 4.98 Å². The molecule has 3 rings (SSSR count). The number of nitrogens with zero attached hydrogens (tertiary/aromatic N) is 3. The Morgan fingerprint density at radius 3 is 2.58 bits per heavy atom. The zero-order valence-corrected chi connectivity index (χ0v) is 14.9. The lowest BCUT2D eigenvalue weighted by Gasteiger charge is -2.14. The minimum Gasteiger partial charge on any atom is -0.366 e. The average molecular weight is 351 g/mol. The summed E-state index contributed by atoms with van der Waals surface area (Å²) in [5.41, 5.74) is 2.06. The first-order valence-corrected chi connectivity index (χ1v) is 8.70. The van der Waals surface area contributed by atoms with E-state index in [1.165, 1.54) is 6.07 Å². The Bertz CT molecular complexity index is 854. The lowest BCUT2D eigenvalue weighted by atomic mass is 10.2. The van der Waals surface area contributed by atoms with Crippen LogP contribution in [-0.2, 0) is 6.54 Å². The topological polar surface area (TPSA) is 62.7 Å². The fourth-order valence-corrected chi connectivity index (χ4v) is 2.40. The van der Waals surface area contributed by atoms with Crippen LogP contribution in [-0.4, -0.2) is 21.0 Å². The summed E-state index contributed by atoms with van der Waals surface area (Å²) >= 11 is 0. The molecule has 134 valence electrons. The molecule has 0 aliphatic rings. The minimum absolute atomic E-state index is 0.239. The first kappa shape index (κ1) is 17.8. The summed E-state index contributed by atoms with van der Waals surface area (Å²) in [6, 6.07) is 14.4. The van der Waals surface area contributed by atoms with Crippen molar-refractivity contribution in [3.63, 3.8) is 0 Å². The molecular formula is C20H22FN5. The predicted molar refractivity (Wildman–Crippen MR) is 102 cm³/mol. The zero-order valence-electron chi connectivity index (χ0n) is 14.9. The molecule has 0 spiro atoms. The molecule has 0 fully saturated rings. The van der Waals surface area contributed by atoms with Crippen molar-refractivity contribution in [3.05, 3.63) is 66.1 Å². The highest BCUT2D eigenvalue weighted by Crippen LogP contribution is 2.21. The maximum Gasteiger partial charge on any atom is 0.225 e. The third-order valence-corrected chi connectivity index (χ3v) is 4.06. The van der Waals surface area contributed by atoms with Gasteiger partial charge in [-0.2, -0.15) is 4.98 Å². The normalized spacial score (nSPS) is 11.8. The molecule has 0 radical (unpaired) electrons. The van der Waals surface area contributed by atoms with E-state index >= 15 is 0 Å². The Kier molecular flexibility index (Phi) is 5.73. The summed E-state index contributed by atoms with van der Waals surface area (Å²) in [6.45, 7) is 4.51. The molecule has 26 heavy (non-hydrogen) atoms. The molecule has 0 aliphatic carbocycles. The van der Waals surface area contributed by atoms with Gasteiger partial charge in [-0.25, -0.2) is 9.37 Å². The van der Waals surface area contributed by atoms with Crippen molar-refractivity contribution in [3.8, 4) is 11.4 Å². The molecular weight excluding hydrogens is 329 g/mol. The van der Waals surface area contributed by atoms with E-state index in [0.717, 1.165) is 12.1 Å². The van der Waals surface area contributed by atoms with Gasteiger partial charge in [0.1, 0.15) is 11.6 Å². The number of rotatable bonds is 7. The molecule has 2 heterocycles. The van der Waals surface area contributed by atoms with Crippen LogP contribution in [0, 0.1) is 5.82 Å². The summed E-state index contributed by atoms with van der Waals surface area (Å²) in [5, 5.41) is 6.47. The van der Waals surface area contributed by atoms with Crippen LogP contribution in [0.15, 0.2) is 54.7 Å². The molecule has 2 N–H and O–H groups in total. The Balaban J connectivity index is 1.88. The monoisotopic (exact) mass is 351 g/mol. The van der Waals surface area contributed by atoms with Crippen LogP contribution in [0.1, 0.15) is 25.8 Å². The van der Waals surface area contributed by atoms with E-state index in [9.17, 15) is 4.39 Å². The lowest BCUT2D eigenvalue weighted by molar-refractivity contribution is 0.613. The third kappa shape index (κ3) is 4.53. The highest BCUT2D eigenvalue weighted by atomic mass is 19.1. The van der Waals surface area contributed by atoms with Gasteiger partial charge in [0.15, 0.2) is 0 Å². The fraction of sp³-hybridized carbons (Fsp3) is 0.250. The number of pyridine rings is 1. The largest absolute Gasteiger partial charge is 0.366 e. The first-order chi connectivity index (χ1) is 12.7. The maximum absolute atomic E-state index is 13.8. The van der Waals surface area contributed by atoms with Crippen LogP contribution in [0.5, 0.6) is 0 Å². The molecule has 6 heteroatoms. The Hall–Kier alpha value is -3.02. The van der Waals surface area contributed by atoms with Gasteiger partial charge in [0.25, 0.3) is 0 Å². The van der Waals surface area contributed by atoms with Crippen LogP contribution in [0.2, 0.25) is 0 Å². The quantitative estimate of drug-likeness (QED) is 0.656. The van der Waals surface area contributed by atoms with Gasteiger partial charge >= 0.3 is 0 Å². The van der Waals surface area contributed by atoms with Crippen LogP contribution in [0.25, 0.3) is 11.4 Å². The number of benzene rings is 1. The van der Waals surface area contributed by atoms with E-state index in [0.29, 0.717) is 29.6 Å². The number of nitrogens with one attached hydrogen (secondary N) is 2. The molecule has 3 aromatic rings. The Morgan fingerprint density at radius 1 is 1.04 bits per heavy atom. The molecule has 5 nitrogen and oxygen atoms in total. The smallest absolute Gasteiger partial charge is 0.225 e. The van der Waals surface area contributed by atoms with Crippen LogP contribution in [0.4, 0.5) is 16.2 Å². The molecule has 2 aromatic heterocycles. The second kappa shape index (κ2) is 8.38. The fourth-order valence-electron chi connectivity index (χ4n) is 2.40. The summed E-state index contributed by atoms with van der Waals surface area (Å²) < 4.78 is 13.8. The van der Waals surface area contributed by atoms with Crippen LogP contribution in [0.3, 0.4) is 0 Å². The molecule has 0 bridgehead atoms. The van der Waals surface area contributed by atoms with E-state index in [1.54, 1.807) is 18.3 Å². The van der Waals surface area contributed by atoms with E-state index in [1.807, 2.05) is 30.3 Å². The number of aromatic nitrogens is 3. The SMILES string of the molecule is CC[C@@H](C)Nc1nc(NCc2ccccc2F)cc(-c2ccccn2)n1. The summed E-state index contributed by atoms with van der Waals surface area (Å²) in [7, 11) is 0. The van der Waals surface area contributed by atoms with Crippen molar-refractivity contribution in [2.45, 2.75) is 32.9 Å². The zero-order chi connectivity index (χ0) is 18.4. The van der Waals surface area contributed by atoms with Gasteiger partial charge in [0.2, 0.25) is 5.95 Å². The molecule has 0 saturated heterocycles.